The number of thioether (sulfide) groups is 1. The number of rotatable bonds is 5. The van der Waals surface area contributed by atoms with Gasteiger partial charge in [-0.2, -0.15) is 11.8 Å². The lowest BCUT2D eigenvalue weighted by molar-refractivity contribution is 0.0742. The summed E-state index contributed by atoms with van der Waals surface area (Å²) in [6, 6.07) is 5.30. The number of phenolic OH excluding ortho intramolecular Hbond substituents is 1. The highest BCUT2D eigenvalue weighted by atomic mass is 32.2. The van der Waals surface area contributed by atoms with E-state index in [0.717, 1.165) is 12.2 Å². The molecule has 18 heavy (non-hydrogen) atoms. The van der Waals surface area contributed by atoms with Crippen molar-refractivity contribution < 1.29 is 9.90 Å². The van der Waals surface area contributed by atoms with E-state index in [-0.39, 0.29) is 17.7 Å². The largest absolute Gasteiger partial charge is 0.508 e. The highest BCUT2D eigenvalue weighted by molar-refractivity contribution is 7.98. The normalized spacial score (nSPS) is 12.2. The van der Waals surface area contributed by atoms with Crippen LogP contribution in [-0.4, -0.2) is 41.0 Å². The molecule has 100 valence electrons. The Bertz CT molecular complexity index is 420. The number of carbonyl (C=O) groups is 1. The zero-order valence-corrected chi connectivity index (χ0v) is 12.3. The Kier molecular flexibility index (Phi) is 5.54. The molecule has 1 N–H and O–H groups in total. The van der Waals surface area contributed by atoms with Gasteiger partial charge in [0.15, 0.2) is 0 Å². The summed E-state index contributed by atoms with van der Waals surface area (Å²) in [5.41, 5.74) is 1.23. The molecule has 1 aromatic rings. The van der Waals surface area contributed by atoms with Crippen molar-refractivity contribution in [3.05, 3.63) is 29.3 Å². The second-order valence-electron chi connectivity index (χ2n) is 4.38. The highest BCUT2D eigenvalue weighted by Gasteiger charge is 2.21. The first-order valence-electron chi connectivity index (χ1n) is 6.07. The molecule has 1 unspecified atom stereocenters. The monoisotopic (exact) mass is 267 g/mol. The van der Waals surface area contributed by atoms with Gasteiger partial charge in [0.1, 0.15) is 5.75 Å². The van der Waals surface area contributed by atoms with Crippen LogP contribution < -0.4 is 0 Å². The molecule has 1 aromatic carbocycles. The number of aromatic hydroxyl groups is 1. The van der Waals surface area contributed by atoms with Gasteiger partial charge in [-0.3, -0.25) is 4.79 Å². The number of hydrogen-bond donors (Lipinski definition) is 1. The molecule has 0 spiro atoms. The molecule has 1 rings (SSSR count). The van der Waals surface area contributed by atoms with Gasteiger partial charge in [-0.05, 0) is 31.7 Å². The third-order valence-corrected chi connectivity index (χ3v) is 3.95. The minimum Gasteiger partial charge on any atom is -0.508 e. The van der Waals surface area contributed by atoms with Gasteiger partial charge in [0.2, 0.25) is 0 Å². The lowest BCUT2D eigenvalue weighted by Gasteiger charge is -2.27. The minimum atomic E-state index is -0.0238. The quantitative estimate of drug-likeness (QED) is 0.891. The van der Waals surface area contributed by atoms with Gasteiger partial charge in [-0.1, -0.05) is 13.0 Å². The van der Waals surface area contributed by atoms with Crippen molar-refractivity contribution in [2.45, 2.75) is 26.3 Å². The standard InChI is InChI=1S/C14H21NO2S/c1-5-11(9-18-4)15(3)14(17)12-7-6-8-13(16)10(12)2/h6-8,11,16H,5,9H2,1-4H3. The Labute approximate surface area is 113 Å². The summed E-state index contributed by atoms with van der Waals surface area (Å²) in [6.07, 6.45) is 2.97. The molecule has 0 aliphatic rings. The van der Waals surface area contributed by atoms with Crippen molar-refractivity contribution in [3.8, 4) is 5.75 Å². The fourth-order valence-electron chi connectivity index (χ4n) is 1.91. The summed E-state index contributed by atoms with van der Waals surface area (Å²) >= 11 is 1.74. The van der Waals surface area contributed by atoms with E-state index in [9.17, 15) is 9.90 Å². The Morgan fingerprint density at radius 2 is 2.17 bits per heavy atom. The van der Waals surface area contributed by atoms with E-state index in [0.29, 0.717) is 11.1 Å². The first-order chi connectivity index (χ1) is 8.52. The number of benzene rings is 1. The Hall–Kier alpha value is -1.16. The smallest absolute Gasteiger partial charge is 0.254 e. The predicted molar refractivity (Wildman–Crippen MR) is 77.4 cm³/mol. The Morgan fingerprint density at radius 1 is 1.50 bits per heavy atom. The van der Waals surface area contributed by atoms with Crippen molar-refractivity contribution in [1.29, 1.82) is 0 Å². The van der Waals surface area contributed by atoms with Crippen molar-refractivity contribution in [2.75, 3.05) is 19.1 Å². The predicted octanol–water partition coefficient (Wildman–Crippen LogP) is 2.91. The fraction of sp³-hybridized carbons (Fsp3) is 0.500. The highest BCUT2D eigenvalue weighted by Crippen LogP contribution is 2.22. The van der Waals surface area contributed by atoms with Gasteiger partial charge in [0.25, 0.3) is 5.91 Å². The molecule has 0 saturated carbocycles. The van der Waals surface area contributed by atoms with Crippen LogP contribution in [0.2, 0.25) is 0 Å². The molecule has 0 saturated heterocycles. The van der Waals surface area contributed by atoms with Gasteiger partial charge < -0.3 is 10.0 Å². The molecule has 0 heterocycles. The van der Waals surface area contributed by atoms with E-state index in [2.05, 4.69) is 6.92 Å². The third-order valence-electron chi connectivity index (χ3n) is 3.23. The number of hydrogen-bond acceptors (Lipinski definition) is 3. The molecule has 1 atom stereocenters. The maximum Gasteiger partial charge on any atom is 0.254 e. The van der Waals surface area contributed by atoms with Crippen molar-refractivity contribution in [3.63, 3.8) is 0 Å². The molecular weight excluding hydrogens is 246 g/mol. The summed E-state index contributed by atoms with van der Waals surface area (Å²) in [7, 11) is 1.83. The Morgan fingerprint density at radius 3 is 2.72 bits per heavy atom. The Balaban J connectivity index is 2.95. The summed E-state index contributed by atoms with van der Waals surface area (Å²) in [4.78, 5) is 14.2. The topological polar surface area (TPSA) is 40.5 Å². The third kappa shape index (κ3) is 3.19. The molecule has 0 radical (unpaired) electrons. The number of nitrogens with zero attached hydrogens (tertiary/aromatic N) is 1. The number of amides is 1. The van der Waals surface area contributed by atoms with E-state index in [1.807, 2.05) is 13.3 Å². The van der Waals surface area contributed by atoms with Crippen molar-refractivity contribution in [2.24, 2.45) is 0 Å². The maximum absolute atomic E-state index is 12.4. The van der Waals surface area contributed by atoms with Crippen molar-refractivity contribution in [1.82, 2.24) is 4.90 Å². The van der Waals surface area contributed by atoms with E-state index < -0.39 is 0 Å². The average Bonchev–Trinajstić information content (AvgIpc) is 2.37. The summed E-state index contributed by atoms with van der Waals surface area (Å²) in [5.74, 6) is 1.08. The zero-order valence-electron chi connectivity index (χ0n) is 11.4. The van der Waals surface area contributed by atoms with Crippen molar-refractivity contribution >= 4 is 17.7 Å². The van der Waals surface area contributed by atoms with Crippen LogP contribution in [0.3, 0.4) is 0 Å². The zero-order chi connectivity index (χ0) is 13.7. The van der Waals surface area contributed by atoms with Crippen LogP contribution in [0.4, 0.5) is 0 Å². The first-order valence-corrected chi connectivity index (χ1v) is 7.47. The van der Waals surface area contributed by atoms with Gasteiger partial charge >= 0.3 is 0 Å². The second-order valence-corrected chi connectivity index (χ2v) is 5.29. The van der Waals surface area contributed by atoms with Crippen LogP contribution in [0.15, 0.2) is 18.2 Å². The SMILES string of the molecule is CCC(CSC)N(C)C(=O)c1cccc(O)c1C. The van der Waals surface area contributed by atoms with E-state index in [4.69, 9.17) is 0 Å². The lowest BCUT2D eigenvalue weighted by Crippen LogP contribution is -2.38. The van der Waals surface area contributed by atoms with Crippen LogP contribution in [0.5, 0.6) is 5.75 Å². The van der Waals surface area contributed by atoms with Gasteiger partial charge in [0, 0.05) is 30.0 Å². The molecule has 0 aliphatic carbocycles. The van der Waals surface area contributed by atoms with Crippen LogP contribution in [0, 0.1) is 6.92 Å². The van der Waals surface area contributed by atoms with Gasteiger partial charge in [-0.15, -0.1) is 0 Å². The number of phenols is 1. The van der Waals surface area contributed by atoms with Crippen LogP contribution in [-0.2, 0) is 0 Å². The summed E-state index contributed by atoms with van der Waals surface area (Å²) in [5, 5.41) is 9.66. The van der Waals surface area contributed by atoms with Crippen LogP contribution in [0.25, 0.3) is 0 Å². The molecule has 0 fully saturated rings. The van der Waals surface area contributed by atoms with E-state index >= 15 is 0 Å². The van der Waals surface area contributed by atoms with Gasteiger partial charge in [0.05, 0.1) is 0 Å². The number of carbonyl (C=O) groups excluding carboxylic acids is 1. The fourth-order valence-corrected chi connectivity index (χ4v) is 2.75. The lowest BCUT2D eigenvalue weighted by atomic mass is 10.1. The van der Waals surface area contributed by atoms with Gasteiger partial charge in [-0.25, -0.2) is 0 Å². The molecule has 0 bridgehead atoms. The molecule has 0 aromatic heterocycles. The van der Waals surface area contributed by atoms with E-state index in [1.54, 1.807) is 41.8 Å². The average molecular weight is 267 g/mol. The molecule has 4 heteroatoms. The molecule has 0 aliphatic heterocycles. The molecule has 1 amide bonds. The molecule has 3 nitrogen and oxygen atoms in total. The maximum atomic E-state index is 12.4. The molecular formula is C14H21NO2S. The second kappa shape index (κ2) is 6.69. The van der Waals surface area contributed by atoms with E-state index in [1.165, 1.54) is 0 Å². The minimum absolute atomic E-state index is 0.0238. The first kappa shape index (κ1) is 14.9. The van der Waals surface area contributed by atoms with Crippen LogP contribution in [0.1, 0.15) is 29.3 Å². The summed E-state index contributed by atoms with van der Waals surface area (Å²) < 4.78 is 0. The van der Waals surface area contributed by atoms with Crippen LogP contribution >= 0.6 is 11.8 Å². The summed E-state index contributed by atoms with van der Waals surface area (Å²) in [6.45, 7) is 3.85.